The molecule has 4 aliphatic heterocycles. The molecule has 8 rings (SSSR count). The molecule has 1 saturated carbocycles. The van der Waals surface area contributed by atoms with Gasteiger partial charge in [-0.25, -0.2) is 9.86 Å². The Bertz CT molecular complexity index is 1780. The molecule has 3 N–H and O–H groups in total. The Kier molecular flexibility index (Phi) is 7.50. The monoisotopic (exact) mass is 617 g/mol. The summed E-state index contributed by atoms with van der Waals surface area (Å²) in [7, 11) is -2.58. The number of fused-ring (bicyclic) bond motifs is 9. The van der Waals surface area contributed by atoms with E-state index in [1.807, 2.05) is 29.0 Å². The Morgan fingerprint density at radius 1 is 0.955 bits per heavy atom. The molecular formula is C33H39N5O5S. The van der Waals surface area contributed by atoms with E-state index in [0.29, 0.717) is 24.6 Å². The summed E-state index contributed by atoms with van der Waals surface area (Å²) in [6, 6.07) is 11.6. The first-order valence-corrected chi connectivity index (χ1v) is 17.2. The van der Waals surface area contributed by atoms with Gasteiger partial charge in [0.2, 0.25) is 0 Å². The zero-order valence-electron chi connectivity index (χ0n) is 25.0. The van der Waals surface area contributed by atoms with Crippen LogP contribution < -0.4 is 14.6 Å². The van der Waals surface area contributed by atoms with Crippen LogP contribution in [0.25, 0.3) is 28.2 Å². The van der Waals surface area contributed by atoms with Gasteiger partial charge in [0.1, 0.15) is 5.75 Å². The number of methoxy groups -OCH3 is 1. The van der Waals surface area contributed by atoms with Gasteiger partial charge in [0.05, 0.1) is 19.3 Å². The molecule has 5 heterocycles. The van der Waals surface area contributed by atoms with Crippen LogP contribution in [-0.2, 0) is 21.5 Å². The summed E-state index contributed by atoms with van der Waals surface area (Å²) in [5.41, 5.74) is 5.91. The molecule has 44 heavy (non-hydrogen) atoms. The topological polar surface area (TPSA) is 127 Å². The number of carbonyl (C=O) groups is 2. The second-order valence-electron chi connectivity index (χ2n) is 12.6. The Labute approximate surface area is 258 Å². The number of piperidine rings is 1. The number of benzene rings is 2. The zero-order chi connectivity index (χ0) is 30.6. The van der Waals surface area contributed by atoms with Gasteiger partial charge >= 0.3 is 0 Å². The highest BCUT2D eigenvalue weighted by molar-refractivity contribution is 7.87. The van der Waals surface area contributed by atoms with Crippen LogP contribution in [0.2, 0.25) is 0 Å². The minimum Gasteiger partial charge on any atom is -0.497 e. The van der Waals surface area contributed by atoms with Crippen molar-refractivity contribution in [3.63, 3.8) is 0 Å². The van der Waals surface area contributed by atoms with Gasteiger partial charge in [0, 0.05) is 59.8 Å². The van der Waals surface area contributed by atoms with Gasteiger partial charge in [-0.05, 0) is 79.1 Å². The maximum Gasteiger partial charge on any atom is 0.298 e. The average Bonchev–Trinajstić information content (AvgIpc) is 3.21. The number of aromatic nitrogens is 1. The normalized spacial score (nSPS) is 22.0. The molecule has 0 radical (unpaired) electrons. The molecule has 1 aromatic heterocycles. The van der Waals surface area contributed by atoms with E-state index in [2.05, 4.69) is 20.4 Å². The van der Waals surface area contributed by atoms with Crippen LogP contribution >= 0.6 is 0 Å². The summed E-state index contributed by atoms with van der Waals surface area (Å²) < 4.78 is 33.1. The minimum atomic E-state index is -4.23. The third-order valence-electron chi connectivity index (χ3n) is 9.98. The maximum absolute atomic E-state index is 14.4. The fourth-order valence-corrected chi connectivity index (χ4v) is 8.22. The minimum absolute atomic E-state index is 0.0459. The lowest BCUT2D eigenvalue weighted by Gasteiger charge is -2.32. The van der Waals surface area contributed by atoms with Crippen LogP contribution in [0.1, 0.15) is 72.3 Å². The van der Waals surface area contributed by atoms with Gasteiger partial charge in [0.25, 0.3) is 22.0 Å². The first-order valence-electron chi connectivity index (χ1n) is 15.6. The summed E-state index contributed by atoms with van der Waals surface area (Å²) in [6.07, 6.45) is 9.63. The van der Waals surface area contributed by atoms with Crippen LogP contribution in [0.15, 0.2) is 42.0 Å². The molecule has 4 fully saturated rings. The number of nitrogens with two attached hydrogens (primary N) is 1. The number of nitrogens with one attached hydrogen (secondary N) is 1. The van der Waals surface area contributed by atoms with E-state index in [1.54, 1.807) is 19.2 Å². The summed E-state index contributed by atoms with van der Waals surface area (Å²) in [5.74, 6) is 0.308. The third-order valence-corrected chi connectivity index (χ3v) is 10.4. The lowest BCUT2D eigenvalue weighted by molar-refractivity contribution is -0.129. The second kappa shape index (κ2) is 11.4. The number of rotatable bonds is 5. The number of hydrogen-bond donors (Lipinski definition) is 2. The van der Waals surface area contributed by atoms with Crippen molar-refractivity contribution < 1.29 is 22.7 Å². The number of nitrogens with zero attached hydrogens (tertiary/aromatic N) is 3. The van der Waals surface area contributed by atoms with E-state index in [4.69, 9.17) is 9.88 Å². The van der Waals surface area contributed by atoms with Crippen molar-refractivity contribution in [1.29, 1.82) is 0 Å². The number of hydrogen-bond acceptors (Lipinski definition) is 6. The molecule has 0 atom stereocenters. The van der Waals surface area contributed by atoms with Crippen molar-refractivity contribution in [1.82, 2.24) is 19.1 Å². The van der Waals surface area contributed by atoms with Crippen molar-refractivity contribution in [2.75, 3.05) is 33.3 Å². The van der Waals surface area contributed by atoms with E-state index in [1.165, 1.54) is 12.0 Å². The zero-order valence-corrected chi connectivity index (χ0v) is 25.9. The molecule has 2 aromatic carbocycles. The molecule has 3 aromatic rings. The van der Waals surface area contributed by atoms with Crippen LogP contribution in [0.4, 0.5) is 0 Å². The molecule has 232 valence electrons. The van der Waals surface area contributed by atoms with Crippen LogP contribution in [0, 0.1) is 0 Å². The smallest absolute Gasteiger partial charge is 0.298 e. The molecule has 0 unspecified atom stereocenters. The van der Waals surface area contributed by atoms with Crippen molar-refractivity contribution in [2.45, 2.75) is 63.5 Å². The summed E-state index contributed by atoms with van der Waals surface area (Å²) in [6.45, 7) is 3.96. The van der Waals surface area contributed by atoms with Gasteiger partial charge in [-0.2, -0.15) is 8.42 Å². The Morgan fingerprint density at radius 2 is 1.73 bits per heavy atom. The van der Waals surface area contributed by atoms with Crippen molar-refractivity contribution in [3.05, 3.63) is 58.7 Å². The van der Waals surface area contributed by atoms with Gasteiger partial charge in [-0.15, -0.1) is 0 Å². The maximum atomic E-state index is 14.4. The second-order valence-corrected chi connectivity index (χ2v) is 13.9. The lowest BCUT2D eigenvalue weighted by Crippen LogP contribution is -2.42. The molecule has 1 aliphatic carbocycles. The summed E-state index contributed by atoms with van der Waals surface area (Å²) in [5, 5.41) is 6.15. The highest BCUT2D eigenvalue weighted by Gasteiger charge is 2.35. The van der Waals surface area contributed by atoms with E-state index in [0.717, 1.165) is 91.6 Å². The Balaban J connectivity index is 1.43. The summed E-state index contributed by atoms with van der Waals surface area (Å²) in [4.78, 5) is 31.9. The fraction of sp³-hybridized carbons (Fsp3) is 0.455. The van der Waals surface area contributed by atoms with E-state index in [-0.39, 0.29) is 17.5 Å². The highest BCUT2D eigenvalue weighted by atomic mass is 32.2. The lowest BCUT2D eigenvalue weighted by atomic mass is 9.81. The number of carbonyl (C=O) groups excluding carboxylic acids is 2. The number of amides is 2. The first-order chi connectivity index (χ1) is 21.2. The summed E-state index contributed by atoms with van der Waals surface area (Å²) >= 11 is 0. The molecule has 2 bridgehead atoms. The largest absolute Gasteiger partial charge is 0.497 e. The quantitative estimate of drug-likeness (QED) is 0.446. The third kappa shape index (κ3) is 5.31. The molecule has 2 amide bonds. The first kappa shape index (κ1) is 29.1. The van der Waals surface area contributed by atoms with Gasteiger partial charge in [-0.3, -0.25) is 9.59 Å². The molecular weight excluding hydrogens is 578 g/mol. The van der Waals surface area contributed by atoms with Crippen LogP contribution in [-0.4, -0.2) is 73.9 Å². The van der Waals surface area contributed by atoms with Gasteiger partial charge in [0.15, 0.2) is 0 Å². The molecule has 0 spiro atoms. The number of ether oxygens (including phenoxy) is 1. The molecule has 11 heteroatoms. The predicted molar refractivity (Wildman–Crippen MR) is 169 cm³/mol. The molecule has 3 saturated heterocycles. The SMILES string of the molecule is COc1ccc2c(c1)C=C(C(=O)N1CCN3CCC1CC3)Cn1c-2c(C2CCCCC2)c2ccc(C(=O)NS(N)(=O)=O)cc21. The Morgan fingerprint density at radius 3 is 2.45 bits per heavy atom. The van der Waals surface area contributed by atoms with Gasteiger partial charge in [-0.1, -0.05) is 25.3 Å². The van der Waals surface area contributed by atoms with Crippen molar-refractivity contribution >= 4 is 39.0 Å². The van der Waals surface area contributed by atoms with E-state index in [9.17, 15) is 18.0 Å². The molecule has 5 aliphatic rings. The highest BCUT2D eigenvalue weighted by Crippen LogP contribution is 2.47. The standard InChI is InChI=1S/C33H39N5O5S/c1-43-26-8-10-27-23(18-26)17-24(33(40)37-16-15-36-13-11-25(37)12-14-36)20-38-29-19-22(32(39)35-44(34,41)42)7-9-28(29)30(31(27)38)21-5-3-2-4-6-21/h7-10,17-19,21,25H,2-6,11-16,20H2,1H3,(H,35,39)(H2,34,41,42). The molecule has 10 nitrogen and oxygen atoms in total. The van der Waals surface area contributed by atoms with Crippen molar-refractivity contribution in [2.24, 2.45) is 5.14 Å². The van der Waals surface area contributed by atoms with Gasteiger partial charge < -0.3 is 19.1 Å². The average molecular weight is 618 g/mol. The Hall–Kier alpha value is -3.67. The van der Waals surface area contributed by atoms with Crippen LogP contribution in [0.5, 0.6) is 5.75 Å². The van der Waals surface area contributed by atoms with Crippen LogP contribution in [0.3, 0.4) is 0 Å². The van der Waals surface area contributed by atoms with E-state index < -0.39 is 16.1 Å². The van der Waals surface area contributed by atoms with Crippen molar-refractivity contribution in [3.8, 4) is 17.0 Å². The predicted octanol–water partition coefficient (Wildman–Crippen LogP) is 4.00. The fourth-order valence-electron chi connectivity index (χ4n) is 7.84. The van der Waals surface area contributed by atoms with E-state index >= 15 is 0 Å².